The molecular formula is C7H9IN2O. The summed E-state index contributed by atoms with van der Waals surface area (Å²) in [5.74, 6) is 0. The van der Waals surface area contributed by atoms with Crippen molar-refractivity contribution in [1.82, 2.24) is 9.55 Å². The maximum absolute atomic E-state index is 11.0. The van der Waals surface area contributed by atoms with Crippen molar-refractivity contribution >= 4 is 22.6 Å². The van der Waals surface area contributed by atoms with Crippen LogP contribution in [0.3, 0.4) is 0 Å². The first kappa shape index (κ1) is 8.70. The fourth-order valence-electron chi connectivity index (χ4n) is 0.830. The molecule has 0 radical (unpaired) electrons. The average molecular weight is 264 g/mol. The van der Waals surface area contributed by atoms with Gasteiger partial charge in [0.1, 0.15) is 0 Å². The molecule has 0 bridgehead atoms. The van der Waals surface area contributed by atoms with E-state index in [9.17, 15) is 4.79 Å². The molecule has 0 aliphatic rings. The molecule has 0 aliphatic carbocycles. The highest BCUT2D eigenvalue weighted by molar-refractivity contribution is 14.1. The Labute approximate surface area is 78.6 Å². The van der Waals surface area contributed by atoms with E-state index in [0.29, 0.717) is 0 Å². The average Bonchev–Trinajstić information content (AvgIpc) is 1.98. The van der Waals surface area contributed by atoms with Crippen LogP contribution in [0, 0.1) is 3.57 Å². The summed E-state index contributed by atoms with van der Waals surface area (Å²) in [6.07, 6.45) is 4.36. The lowest BCUT2D eigenvalue weighted by molar-refractivity contribution is 0.632. The Hall–Kier alpha value is -0.390. The van der Waals surface area contributed by atoms with Crippen molar-refractivity contribution in [2.45, 2.75) is 19.9 Å². The predicted octanol–water partition coefficient (Wildman–Crippen LogP) is 1.26. The van der Waals surface area contributed by atoms with Crippen molar-refractivity contribution in [2.75, 3.05) is 0 Å². The highest BCUT2D eigenvalue weighted by atomic mass is 127. The monoisotopic (exact) mass is 264 g/mol. The highest BCUT2D eigenvalue weighted by Gasteiger charge is 1.94. The minimum absolute atomic E-state index is 0.160. The van der Waals surface area contributed by atoms with Crippen LogP contribution in [0.4, 0.5) is 0 Å². The second-order valence-corrected chi connectivity index (χ2v) is 3.49. The first-order valence-electron chi connectivity index (χ1n) is 3.46. The molecule has 0 saturated heterocycles. The standard InChI is InChI=1S/C7H9IN2O/c1-2-3-10-5-6(8)4-9-7(10)11/h4-5H,2-3H2,1H3. The summed E-state index contributed by atoms with van der Waals surface area (Å²) in [4.78, 5) is 14.7. The topological polar surface area (TPSA) is 34.9 Å². The third-order valence-electron chi connectivity index (χ3n) is 1.29. The number of aromatic nitrogens is 2. The summed E-state index contributed by atoms with van der Waals surface area (Å²) in [7, 11) is 0. The molecule has 1 aromatic rings. The second-order valence-electron chi connectivity index (χ2n) is 2.25. The Morgan fingerprint density at radius 1 is 1.73 bits per heavy atom. The van der Waals surface area contributed by atoms with Crippen LogP contribution in [0.1, 0.15) is 13.3 Å². The van der Waals surface area contributed by atoms with Crippen LogP contribution in [0.2, 0.25) is 0 Å². The van der Waals surface area contributed by atoms with Crippen LogP contribution < -0.4 is 5.69 Å². The van der Waals surface area contributed by atoms with Gasteiger partial charge in [-0.3, -0.25) is 4.57 Å². The first-order chi connectivity index (χ1) is 5.24. The third kappa shape index (κ3) is 2.28. The summed E-state index contributed by atoms with van der Waals surface area (Å²) in [6, 6.07) is 0. The molecule has 0 unspecified atom stereocenters. The molecule has 11 heavy (non-hydrogen) atoms. The molecule has 0 aromatic carbocycles. The van der Waals surface area contributed by atoms with Crippen molar-refractivity contribution in [3.8, 4) is 0 Å². The second kappa shape index (κ2) is 3.85. The molecule has 60 valence electrons. The van der Waals surface area contributed by atoms with Gasteiger partial charge in [0.25, 0.3) is 0 Å². The van der Waals surface area contributed by atoms with Gasteiger partial charge in [-0.1, -0.05) is 6.92 Å². The summed E-state index contributed by atoms with van der Waals surface area (Å²) in [5.41, 5.74) is -0.160. The van der Waals surface area contributed by atoms with Crippen molar-refractivity contribution in [3.63, 3.8) is 0 Å². The summed E-state index contributed by atoms with van der Waals surface area (Å²) in [5, 5.41) is 0. The zero-order valence-electron chi connectivity index (χ0n) is 6.25. The van der Waals surface area contributed by atoms with E-state index in [0.717, 1.165) is 16.5 Å². The quantitative estimate of drug-likeness (QED) is 0.754. The van der Waals surface area contributed by atoms with Crippen molar-refractivity contribution in [1.29, 1.82) is 0 Å². The van der Waals surface area contributed by atoms with Crippen LogP contribution in [-0.2, 0) is 6.54 Å². The first-order valence-corrected chi connectivity index (χ1v) is 4.54. The van der Waals surface area contributed by atoms with Gasteiger partial charge in [0.05, 0.1) is 0 Å². The Balaban J connectivity index is 3.03. The lowest BCUT2D eigenvalue weighted by Gasteiger charge is -2.00. The van der Waals surface area contributed by atoms with Crippen molar-refractivity contribution in [3.05, 3.63) is 26.4 Å². The van der Waals surface area contributed by atoms with Gasteiger partial charge in [0, 0.05) is 22.5 Å². The van der Waals surface area contributed by atoms with Crippen molar-refractivity contribution in [2.24, 2.45) is 0 Å². The largest absolute Gasteiger partial charge is 0.347 e. The van der Waals surface area contributed by atoms with Gasteiger partial charge in [-0.2, -0.15) is 0 Å². The predicted molar refractivity (Wildman–Crippen MR) is 51.5 cm³/mol. The van der Waals surface area contributed by atoms with E-state index in [2.05, 4.69) is 27.6 Å². The van der Waals surface area contributed by atoms with Crippen LogP contribution in [0.15, 0.2) is 17.2 Å². The van der Waals surface area contributed by atoms with Crippen LogP contribution in [-0.4, -0.2) is 9.55 Å². The van der Waals surface area contributed by atoms with Gasteiger partial charge in [-0.15, -0.1) is 0 Å². The Morgan fingerprint density at radius 2 is 2.45 bits per heavy atom. The molecule has 0 saturated carbocycles. The van der Waals surface area contributed by atoms with Crippen LogP contribution >= 0.6 is 22.6 Å². The minimum Gasteiger partial charge on any atom is -0.298 e. The summed E-state index contributed by atoms with van der Waals surface area (Å²) in [6.45, 7) is 2.79. The summed E-state index contributed by atoms with van der Waals surface area (Å²) >= 11 is 2.14. The molecule has 0 fully saturated rings. The number of hydrogen-bond donors (Lipinski definition) is 0. The number of hydrogen-bond acceptors (Lipinski definition) is 2. The van der Waals surface area contributed by atoms with E-state index >= 15 is 0 Å². The zero-order valence-corrected chi connectivity index (χ0v) is 8.41. The molecule has 0 atom stereocenters. The maximum Gasteiger partial charge on any atom is 0.347 e. The third-order valence-corrected chi connectivity index (χ3v) is 1.84. The van der Waals surface area contributed by atoms with E-state index in [1.807, 2.05) is 13.1 Å². The Morgan fingerprint density at radius 3 is 3.09 bits per heavy atom. The fourth-order valence-corrected chi connectivity index (χ4v) is 1.31. The molecule has 1 rings (SSSR count). The number of rotatable bonds is 2. The lowest BCUT2D eigenvalue weighted by atomic mass is 10.5. The Kier molecular flexibility index (Phi) is 3.04. The number of aryl methyl sites for hydroxylation is 1. The molecule has 1 heterocycles. The maximum atomic E-state index is 11.0. The van der Waals surface area contributed by atoms with Crippen molar-refractivity contribution < 1.29 is 0 Å². The molecular weight excluding hydrogens is 255 g/mol. The molecule has 4 heteroatoms. The fraction of sp³-hybridized carbons (Fsp3) is 0.429. The van der Waals surface area contributed by atoms with E-state index < -0.39 is 0 Å². The van der Waals surface area contributed by atoms with Gasteiger partial charge in [-0.25, -0.2) is 9.78 Å². The van der Waals surface area contributed by atoms with Gasteiger partial charge < -0.3 is 0 Å². The smallest absolute Gasteiger partial charge is 0.298 e. The van der Waals surface area contributed by atoms with E-state index in [-0.39, 0.29) is 5.69 Å². The Bertz CT molecular complexity index is 295. The SMILES string of the molecule is CCCn1cc(I)cnc1=O. The van der Waals surface area contributed by atoms with Gasteiger partial charge in [0.2, 0.25) is 0 Å². The summed E-state index contributed by atoms with van der Waals surface area (Å²) < 4.78 is 2.62. The molecule has 0 aliphatic heterocycles. The molecule has 3 nitrogen and oxygen atoms in total. The number of nitrogens with zero attached hydrogens (tertiary/aromatic N) is 2. The van der Waals surface area contributed by atoms with Gasteiger partial charge >= 0.3 is 5.69 Å². The van der Waals surface area contributed by atoms with Crippen LogP contribution in [0.25, 0.3) is 0 Å². The minimum atomic E-state index is -0.160. The molecule has 0 amide bonds. The van der Waals surface area contributed by atoms with E-state index in [4.69, 9.17) is 0 Å². The van der Waals surface area contributed by atoms with E-state index in [1.165, 1.54) is 0 Å². The van der Waals surface area contributed by atoms with E-state index in [1.54, 1.807) is 10.8 Å². The lowest BCUT2D eigenvalue weighted by Crippen LogP contribution is -2.22. The highest BCUT2D eigenvalue weighted by Crippen LogP contribution is 1.97. The normalized spacial score (nSPS) is 10.0. The van der Waals surface area contributed by atoms with Crippen LogP contribution in [0.5, 0.6) is 0 Å². The van der Waals surface area contributed by atoms with Gasteiger partial charge in [-0.05, 0) is 29.0 Å². The molecule has 0 N–H and O–H groups in total. The van der Waals surface area contributed by atoms with Gasteiger partial charge in [0.15, 0.2) is 0 Å². The zero-order chi connectivity index (χ0) is 8.27. The molecule has 1 aromatic heterocycles. The number of halogens is 1. The molecule has 0 spiro atoms.